The molecular weight excluding hydrogens is 338 g/mol. The Morgan fingerprint density at radius 1 is 0.926 bits per heavy atom. The highest BCUT2D eigenvalue weighted by Gasteiger charge is 2.15. The van der Waals surface area contributed by atoms with Crippen molar-refractivity contribution in [2.75, 3.05) is 5.32 Å². The van der Waals surface area contributed by atoms with Crippen LogP contribution >= 0.6 is 0 Å². The van der Waals surface area contributed by atoms with Crippen LogP contribution in [0.3, 0.4) is 0 Å². The number of anilines is 2. The molecule has 136 valence electrons. The van der Waals surface area contributed by atoms with Gasteiger partial charge in [-0.1, -0.05) is 30.3 Å². The molecule has 0 saturated carbocycles. The molecule has 0 fully saturated rings. The summed E-state index contributed by atoms with van der Waals surface area (Å²) in [7, 11) is 1.95. The average Bonchev–Trinajstić information content (AvgIpc) is 3.14. The highest BCUT2D eigenvalue weighted by atomic mass is 15.3. The van der Waals surface area contributed by atoms with Crippen molar-refractivity contribution in [2.45, 2.75) is 20.8 Å². The Morgan fingerprint density at radius 2 is 1.70 bits per heavy atom. The third-order valence-electron chi connectivity index (χ3n) is 4.46. The second kappa shape index (κ2) is 6.68. The predicted octanol–water partition coefficient (Wildman–Crippen LogP) is 3.73. The molecule has 0 aliphatic rings. The summed E-state index contributed by atoms with van der Waals surface area (Å²) >= 11 is 0. The number of aromatic nitrogens is 6. The minimum absolute atomic E-state index is 0.674. The molecule has 0 atom stereocenters. The van der Waals surface area contributed by atoms with E-state index in [-0.39, 0.29) is 0 Å². The molecule has 0 amide bonds. The van der Waals surface area contributed by atoms with Crippen LogP contribution in [0.15, 0.2) is 48.8 Å². The molecule has 3 aromatic heterocycles. The molecule has 0 saturated heterocycles. The van der Waals surface area contributed by atoms with Crippen molar-refractivity contribution in [3.63, 3.8) is 0 Å². The lowest BCUT2D eigenvalue weighted by molar-refractivity contribution is 0.778. The van der Waals surface area contributed by atoms with E-state index < -0.39 is 0 Å². The van der Waals surface area contributed by atoms with Gasteiger partial charge in [-0.2, -0.15) is 10.2 Å². The summed E-state index contributed by atoms with van der Waals surface area (Å²) in [5.74, 6) is 2.16. The molecule has 4 aromatic rings. The number of hydrogen-bond acceptors (Lipinski definition) is 5. The molecule has 0 aliphatic carbocycles. The average molecular weight is 359 g/mol. The summed E-state index contributed by atoms with van der Waals surface area (Å²) in [4.78, 5) is 8.68. The summed E-state index contributed by atoms with van der Waals surface area (Å²) in [6.07, 6.45) is 1.53. The first-order valence-electron chi connectivity index (χ1n) is 8.74. The fourth-order valence-electron chi connectivity index (χ4n) is 3.26. The van der Waals surface area contributed by atoms with E-state index in [4.69, 9.17) is 0 Å². The first-order chi connectivity index (χ1) is 13.0. The number of nitrogens with zero attached hydrogens (tertiary/aromatic N) is 6. The van der Waals surface area contributed by atoms with Crippen LogP contribution in [-0.4, -0.2) is 29.5 Å². The van der Waals surface area contributed by atoms with E-state index in [0.717, 1.165) is 39.8 Å². The van der Waals surface area contributed by atoms with E-state index in [9.17, 15) is 0 Å². The summed E-state index contributed by atoms with van der Waals surface area (Å²) < 4.78 is 3.69. The molecule has 4 rings (SSSR count). The monoisotopic (exact) mass is 359 g/mol. The predicted molar refractivity (Wildman–Crippen MR) is 105 cm³/mol. The molecule has 1 aromatic carbocycles. The lowest BCUT2D eigenvalue weighted by Gasteiger charge is -2.07. The Balaban J connectivity index is 1.68. The maximum Gasteiger partial charge on any atom is 0.159 e. The first kappa shape index (κ1) is 17.0. The maximum atomic E-state index is 4.63. The van der Waals surface area contributed by atoms with Gasteiger partial charge >= 0.3 is 0 Å². The summed E-state index contributed by atoms with van der Waals surface area (Å²) in [6, 6.07) is 14.1. The van der Waals surface area contributed by atoms with Gasteiger partial charge in [-0.15, -0.1) is 0 Å². The molecule has 0 radical (unpaired) electrons. The zero-order valence-corrected chi connectivity index (χ0v) is 15.8. The number of nitrogens with one attached hydrogen (secondary N) is 1. The van der Waals surface area contributed by atoms with Gasteiger partial charge in [0.05, 0.1) is 11.4 Å². The molecule has 0 aliphatic heterocycles. The molecule has 0 spiro atoms. The SMILES string of the molecule is Cc1cc(C)n(-c2cc(Nc3nn(C)c(-c4ccccc4)c3C)ncn2)n1. The van der Waals surface area contributed by atoms with Crippen LogP contribution in [-0.2, 0) is 7.05 Å². The van der Waals surface area contributed by atoms with Crippen molar-refractivity contribution in [3.05, 3.63) is 65.7 Å². The topological polar surface area (TPSA) is 73.5 Å². The Hall–Kier alpha value is -3.48. The number of rotatable bonds is 4. The zero-order valence-electron chi connectivity index (χ0n) is 15.8. The first-order valence-corrected chi connectivity index (χ1v) is 8.74. The molecule has 7 heteroatoms. The third-order valence-corrected chi connectivity index (χ3v) is 4.46. The second-order valence-corrected chi connectivity index (χ2v) is 6.54. The van der Waals surface area contributed by atoms with Crippen molar-refractivity contribution in [1.29, 1.82) is 0 Å². The van der Waals surface area contributed by atoms with Gasteiger partial charge in [-0.3, -0.25) is 4.68 Å². The molecule has 3 heterocycles. The molecule has 7 nitrogen and oxygen atoms in total. The molecular formula is C20H21N7. The van der Waals surface area contributed by atoms with Crippen LogP contribution in [0.4, 0.5) is 11.6 Å². The maximum absolute atomic E-state index is 4.63. The fraction of sp³-hybridized carbons (Fsp3) is 0.200. The number of benzene rings is 1. The molecule has 1 N–H and O–H groups in total. The van der Waals surface area contributed by atoms with Crippen LogP contribution in [0.1, 0.15) is 17.0 Å². The summed E-state index contributed by atoms with van der Waals surface area (Å²) in [5, 5.41) is 12.4. The van der Waals surface area contributed by atoms with Crippen molar-refractivity contribution >= 4 is 11.6 Å². The number of hydrogen-bond donors (Lipinski definition) is 1. The van der Waals surface area contributed by atoms with Gasteiger partial charge in [-0.25, -0.2) is 14.6 Å². The summed E-state index contributed by atoms with van der Waals surface area (Å²) in [6.45, 7) is 6.03. The van der Waals surface area contributed by atoms with Crippen LogP contribution < -0.4 is 5.32 Å². The van der Waals surface area contributed by atoms with E-state index in [1.54, 1.807) is 0 Å². The van der Waals surface area contributed by atoms with Gasteiger partial charge in [0, 0.05) is 29.9 Å². The van der Waals surface area contributed by atoms with Crippen LogP contribution in [0.5, 0.6) is 0 Å². The van der Waals surface area contributed by atoms with Crippen molar-refractivity contribution < 1.29 is 0 Å². The Morgan fingerprint density at radius 3 is 2.41 bits per heavy atom. The number of aryl methyl sites for hydroxylation is 3. The highest BCUT2D eigenvalue weighted by molar-refractivity contribution is 5.71. The second-order valence-electron chi connectivity index (χ2n) is 6.54. The standard InChI is InChI=1S/C20H21N7/c1-13-10-14(2)27(24-13)18-11-17(21-12-22-18)23-20-15(3)19(26(4)25-20)16-8-6-5-7-9-16/h5-12H,1-4H3,(H,21,22,23,25). The zero-order chi connectivity index (χ0) is 19.0. The Bertz CT molecular complexity index is 1090. The van der Waals surface area contributed by atoms with Crippen molar-refractivity contribution in [1.82, 2.24) is 29.5 Å². The Labute approximate surface area is 157 Å². The lowest BCUT2D eigenvalue weighted by atomic mass is 10.1. The third kappa shape index (κ3) is 3.19. The van der Waals surface area contributed by atoms with E-state index in [1.165, 1.54) is 6.33 Å². The highest BCUT2D eigenvalue weighted by Crippen LogP contribution is 2.29. The van der Waals surface area contributed by atoms with Crippen molar-refractivity contribution in [2.24, 2.45) is 7.05 Å². The minimum Gasteiger partial charge on any atom is -0.323 e. The van der Waals surface area contributed by atoms with Crippen LogP contribution in [0.2, 0.25) is 0 Å². The molecule has 0 unspecified atom stereocenters. The van der Waals surface area contributed by atoms with E-state index in [0.29, 0.717) is 5.82 Å². The van der Waals surface area contributed by atoms with Gasteiger partial charge in [0.1, 0.15) is 12.1 Å². The largest absolute Gasteiger partial charge is 0.323 e. The lowest BCUT2D eigenvalue weighted by Crippen LogP contribution is -2.04. The van der Waals surface area contributed by atoms with Crippen molar-refractivity contribution in [3.8, 4) is 17.1 Å². The molecule has 27 heavy (non-hydrogen) atoms. The van der Waals surface area contributed by atoms with Gasteiger partial charge in [-0.05, 0) is 26.8 Å². The van der Waals surface area contributed by atoms with Gasteiger partial charge in [0.25, 0.3) is 0 Å². The van der Waals surface area contributed by atoms with Crippen LogP contribution in [0, 0.1) is 20.8 Å². The van der Waals surface area contributed by atoms with E-state index in [1.807, 2.05) is 60.6 Å². The smallest absolute Gasteiger partial charge is 0.159 e. The Kier molecular flexibility index (Phi) is 4.19. The quantitative estimate of drug-likeness (QED) is 0.601. The normalized spacial score (nSPS) is 11.0. The van der Waals surface area contributed by atoms with E-state index in [2.05, 4.69) is 44.5 Å². The van der Waals surface area contributed by atoms with Crippen LogP contribution in [0.25, 0.3) is 17.1 Å². The minimum atomic E-state index is 0.674. The molecule has 0 bridgehead atoms. The van der Waals surface area contributed by atoms with E-state index >= 15 is 0 Å². The van der Waals surface area contributed by atoms with Gasteiger partial charge in [0.15, 0.2) is 11.6 Å². The summed E-state index contributed by atoms with van der Waals surface area (Å²) in [5.41, 5.74) is 5.25. The fourth-order valence-corrected chi connectivity index (χ4v) is 3.26. The van der Waals surface area contributed by atoms with Gasteiger partial charge in [0.2, 0.25) is 0 Å². The van der Waals surface area contributed by atoms with Gasteiger partial charge < -0.3 is 5.32 Å².